The van der Waals surface area contributed by atoms with E-state index in [0.29, 0.717) is 5.69 Å². The quantitative estimate of drug-likeness (QED) is 0.554. The fraction of sp³-hybridized carbons (Fsp3) is 0.286. The molecule has 5 heteroatoms. The summed E-state index contributed by atoms with van der Waals surface area (Å²) in [6.45, 7) is 3.48. The van der Waals surface area contributed by atoms with Crippen molar-refractivity contribution >= 4 is 23.6 Å². The van der Waals surface area contributed by atoms with E-state index in [1.165, 1.54) is 6.08 Å². The van der Waals surface area contributed by atoms with Crippen LogP contribution in [0.5, 0.6) is 0 Å². The molecule has 0 fully saturated rings. The number of benzene rings is 1. The molecule has 1 unspecified atom stereocenters. The minimum Gasteiger partial charge on any atom is -0.480 e. The number of nitrogen functional groups attached to an aromatic ring is 1. The molecule has 0 aliphatic heterocycles. The molecule has 0 aliphatic carbocycles. The van der Waals surface area contributed by atoms with Crippen molar-refractivity contribution in [2.75, 3.05) is 5.73 Å². The third-order valence-corrected chi connectivity index (χ3v) is 2.59. The molecular formula is C14H18N2O3. The summed E-state index contributed by atoms with van der Waals surface area (Å²) in [5.41, 5.74) is 7.01. The zero-order valence-corrected chi connectivity index (χ0v) is 11.0. The Morgan fingerprint density at radius 1 is 1.26 bits per heavy atom. The standard InChI is InChI=1S/C14H18N2O3/c1-9(2)13(14(18)19)16-12(17)8-5-10-3-6-11(15)7-4-10/h3-9,13H,15H2,1-2H3,(H,16,17)(H,18,19)/b8-5+. The Labute approximate surface area is 112 Å². The molecule has 1 aromatic carbocycles. The summed E-state index contributed by atoms with van der Waals surface area (Å²) in [7, 11) is 0. The smallest absolute Gasteiger partial charge is 0.326 e. The topological polar surface area (TPSA) is 92.4 Å². The summed E-state index contributed by atoms with van der Waals surface area (Å²) in [5.74, 6) is -1.64. The van der Waals surface area contributed by atoms with E-state index in [0.717, 1.165) is 5.56 Å². The molecule has 0 bridgehead atoms. The van der Waals surface area contributed by atoms with Crippen molar-refractivity contribution in [1.29, 1.82) is 0 Å². The lowest BCUT2D eigenvalue weighted by Crippen LogP contribution is -2.43. The van der Waals surface area contributed by atoms with Gasteiger partial charge in [-0.3, -0.25) is 4.79 Å². The summed E-state index contributed by atoms with van der Waals surface area (Å²) < 4.78 is 0. The highest BCUT2D eigenvalue weighted by molar-refractivity contribution is 5.94. The van der Waals surface area contributed by atoms with Crippen LogP contribution in [0.3, 0.4) is 0 Å². The fourth-order valence-corrected chi connectivity index (χ4v) is 1.49. The van der Waals surface area contributed by atoms with Gasteiger partial charge in [-0.1, -0.05) is 26.0 Å². The predicted molar refractivity (Wildman–Crippen MR) is 74.3 cm³/mol. The second-order valence-corrected chi connectivity index (χ2v) is 4.57. The molecular weight excluding hydrogens is 244 g/mol. The highest BCUT2D eigenvalue weighted by atomic mass is 16.4. The van der Waals surface area contributed by atoms with E-state index in [-0.39, 0.29) is 5.92 Å². The van der Waals surface area contributed by atoms with Crippen LogP contribution >= 0.6 is 0 Å². The number of carboxylic acid groups (broad SMARTS) is 1. The summed E-state index contributed by atoms with van der Waals surface area (Å²) in [5, 5.41) is 11.4. The van der Waals surface area contributed by atoms with E-state index >= 15 is 0 Å². The van der Waals surface area contributed by atoms with Crippen LogP contribution in [-0.2, 0) is 9.59 Å². The van der Waals surface area contributed by atoms with Gasteiger partial charge in [0.2, 0.25) is 5.91 Å². The van der Waals surface area contributed by atoms with Gasteiger partial charge in [0.15, 0.2) is 0 Å². The Balaban J connectivity index is 2.64. The number of nitrogens with one attached hydrogen (secondary N) is 1. The molecule has 1 aromatic rings. The van der Waals surface area contributed by atoms with Gasteiger partial charge in [-0.05, 0) is 29.7 Å². The van der Waals surface area contributed by atoms with Crippen molar-refractivity contribution < 1.29 is 14.7 Å². The molecule has 1 amide bonds. The van der Waals surface area contributed by atoms with Crippen LogP contribution < -0.4 is 11.1 Å². The van der Waals surface area contributed by atoms with Crippen LogP contribution in [0.15, 0.2) is 30.3 Å². The van der Waals surface area contributed by atoms with Crippen LogP contribution in [0.2, 0.25) is 0 Å². The lowest BCUT2D eigenvalue weighted by molar-refractivity contribution is -0.142. The Bertz CT molecular complexity index is 478. The molecule has 0 heterocycles. The van der Waals surface area contributed by atoms with Gasteiger partial charge in [0.05, 0.1) is 0 Å². The third kappa shape index (κ3) is 4.83. The average molecular weight is 262 g/mol. The number of aliphatic carboxylic acids is 1. The number of anilines is 1. The molecule has 19 heavy (non-hydrogen) atoms. The lowest BCUT2D eigenvalue weighted by atomic mass is 10.0. The van der Waals surface area contributed by atoms with Gasteiger partial charge < -0.3 is 16.2 Å². The summed E-state index contributed by atoms with van der Waals surface area (Å²) >= 11 is 0. The first-order valence-corrected chi connectivity index (χ1v) is 5.97. The van der Waals surface area contributed by atoms with Gasteiger partial charge in [-0.2, -0.15) is 0 Å². The number of nitrogens with two attached hydrogens (primary N) is 1. The Hall–Kier alpha value is -2.30. The number of carbonyl (C=O) groups is 2. The van der Waals surface area contributed by atoms with Crippen molar-refractivity contribution in [3.63, 3.8) is 0 Å². The van der Waals surface area contributed by atoms with Gasteiger partial charge >= 0.3 is 5.97 Å². The van der Waals surface area contributed by atoms with E-state index in [9.17, 15) is 9.59 Å². The van der Waals surface area contributed by atoms with Crippen LogP contribution in [0, 0.1) is 5.92 Å². The monoisotopic (exact) mass is 262 g/mol. The second kappa shape index (κ2) is 6.58. The van der Waals surface area contributed by atoms with Crippen molar-refractivity contribution in [1.82, 2.24) is 5.32 Å². The minimum absolute atomic E-state index is 0.175. The first kappa shape index (κ1) is 14.8. The maximum absolute atomic E-state index is 11.6. The fourth-order valence-electron chi connectivity index (χ4n) is 1.49. The van der Waals surface area contributed by atoms with Crippen LogP contribution in [0.4, 0.5) is 5.69 Å². The van der Waals surface area contributed by atoms with Crippen molar-refractivity contribution in [3.8, 4) is 0 Å². The van der Waals surface area contributed by atoms with E-state index in [4.69, 9.17) is 10.8 Å². The maximum Gasteiger partial charge on any atom is 0.326 e. The summed E-state index contributed by atoms with van der Waals surface area (Å²) in [6, 6.07) is 6.12. The zero-order valence-electron chi connectivity index (χ0n) is 11.0. The van der Waals surface area contributed by atoms with Crippen LogP contribution in [0.1, 0.15) is 19.4 Å². The number of amides is 1. The van der Waals surface area contributed by atoms with Gasteiger partial charge in [0.25, 0.3) is 0 Å². The van der Waals surface area contributed by atoms with Crippen molar-refractivity contribution in [2.24, 2.45) is 5.92 Å². The van der Waals surface area contributed by atoms with E-state index in [2.05, 4.69) is 5.32 Å². The second-order valence-electron chi connectivity index (χ2n) is 4.57. The molecule has 0 spiro atoms. The van der Waals surface area contributed by atoms with Crippen LogP contribution in [0.25, 0.3) is 6.08 Å². The third-order valence-electron chi connectivity index (χ3n) is 2.59. The van der Waals surface area contributed by atoms with E-state index in [1.807, 2.05) is 0 Å². The molecule has 1 rings (SSSR count). The Morgan fingerprint density at radius 3 is 2.32 bits per heavy atom. The van der Waals surface area contributed by atoms with Gasteiger partial charge in [0.1, 0.15) is 6.04 Å². The number of rotatable bonds is 5. The molecule has 0 aromatic heterocycles. The predicted octanol–water partition coefficient (Wildman–Crippen LogP) is 1.51. The minimum atomic E-state index is -1.04. The molecule has 0 radical (unpaired) electrons. The molecule has 4 N–H and O–H groups in total. The van der Waals surface area contributed by atoms with E-state index in [1.54, 1.807) is 44.2 Å². The van der Waals surface area contributed by atoms with Gasteiger partial charge in [-0.25, -0.2) is 4.79 Å². The van der Waals surface area contributed by atoms with Crippen molar-refractivity contribution in [3.05, 3.63) is 35.9 Å². The highest BCUT2D eigenvalue weighted by Gasteiger charge is 2.22. The zero-order chi connectivity index (χ0) is 14.4. The highest BCUT2D eigenvalue weighted by Crippen LogP contribution is 2.07. The summed E-state index contributed by atoms with van der Waals surface area (Å²) in [4.78, 5) is 22.6. The lowest BCUT2D eigenvalue weighted by Gasteiger charge is -2.16. The number of hydrogen-bond acceptors (Lipinski definition) is 3. The molecule has 0 aliphatic rings. The van der Waals surface area contributed by atoms with Crippen LogP contribution in [-0.4, -0.2) is 23.0 Å². The first-order valence-electron chi connectivity index (χ1n) is 5.97. The van der Waals surface area contributed by atoms with E-state index < -0.39 is 17.9 Å². The number of hydrogen-bond donors (Lipinski definition) is 3. The normalized spacial score (nSPS) is 12.6. The maximum atomic E-state index is 11.6. The molecule has 1 atom stereocenters. The molecule has 102 valence electrons. The number of carboxylic acids is 1. The van der Waals surface area contributed by atoms with Gasteiger partial charge in [0, 0.05) is 11.8 Å². The number of carbonyl (C=O) groups excluding carboxylic acids is 1. The summed E-state index contributed by atoms with van der Waals surface area (Å²) in [6.07, 6.45) is 2.91. The first-order chi connectivity index (χ1) is 8.90. The Morgan fingerprint density at radius 2 is 1.84 bits per heavy atom. The average Bonchev–Trinajstić information content (AvgIpc) is 2.34. The SMILES string of the molecule is CC(C)C(NC(=O)/C=C/c1ccc(N)cc1)C(=O)O. The molecule has 0 saturated heterocycles. The van der Waals surface area contributed by atoms with Gasteiger partial charge in [-0.15, -0.1) is 0 Å². The van der Waals surface area contributed by atoms with Crippen molar-refractivity contribution in [2.45, 2.75) is 19.9 Å². The molecule has 0 saturated carbocycles. The largest absolute Gasteiger partial charge is 0.480 e. The Kier molecular flexibility index (Phi) is 5.11. The molecule has 5 nitrogen and oxygen atoms in total.